The van der Waals surface area contributed by atoms with Crippen LogP contribution in [0.3, 0.4) is 0 Å². The number of nitro groups is 1. The van der Waals surface area contributed by atoms with Gasteiger partial charge in [-0.05, 0) is 24.1 Å². The molecule has 0 saturated carbocycles. The van der Waals surface area contributed by atoms with Gasteiger partial charge in [0.05, 0.1) is 17.4 Å². The van der Waals surface area contributed by atoms with E-state index in [-0.39, 0.29) is 0 Å². The summed E-state index contributed by atoms with van der Waals surface area (Å²) in [7, 11) is -3.34. The van der Waals surface area contributed by atoms with Crippen LogP contribution in [0.25, 0.3) is 0 Å². The molecular weight excluding hydrogens is 396 g/mol. The number of esters is 1. The molecule has 1 N–H and O–H groups in total. The molecule has 0 aliphatic rings. The average Bonchev–Trinajstić information content (AvgIpc) is 2.65. The number of benzene rings is 2. The van der Waals surface area contributed by atoms with E-state index < -0.39 is 42.9 Å². The van der Waals surface area contributed by atoms with Crippen molar-refractivity contribution in [2.75, 3.05) is 7.11 Å². The van der Waals surface area contributed by atoms with Crippen LogP contribution in [0.1, 0.15) is 16.5 Å². The molecule has 2 aromatic carbocycles. The van der Waals surface area contributed by atoms with Crippen LogP contribution >= 0.6 is 11.6 Å². The molecule has 0 bridgehead atoms. The van der Waals surface area contributed by atoms with E-state index in [0.717, 1.165) is 24.8 Å². The van der Waals surface area contributed by atoms with E-state index in [0.29, 0.717) is 5.56 Å². The van der Waals surface area contributed by atoms with Gasteiger partial charge in [-0.3, -0.25) is 14.9 Å². The van der Waals surface area contributed by atoms with Crippen molar-refractivity contribution in [3.63, 3.8) is 0 Å². The number of nitro benzene ring substituents is 1. The molecule has 0 aliphatic carbocycles. The largest absolute Gasteiger partial charge is 0.468 e. The number of aryl methyl sites for hydroxylation is 1. The number of ether oxygens (including phenoxy) is 1. The van der Waals surface area contributed by atoms with E-state index in [9.17, 15) is 23.3 Å². The minimum Gasteiger partial charge on any atom is -0.468 e. The molecule has 0 fully saturated rings. The van der Waals surface area contributed by atoms with Gasteiger partial charge in [-0.2, -0.15) is 4.72 Å². The van der Waals surface area contributed by atoms with Crippen molar-refractivity contribution >= 4 is 33.3 Å². The minimum atomic E-state index is -4.43. The van der Waals surface area contributed by atoms with E-state index in [1.165, 1.54) is 12.1 Å². The second-order valence-corrected chi connectivity index (χ2v) is 7.76. The van der Waals surface area contributed by atoms with Crippen LogP contribution in [-0.2, 0) is 19.6 Å². The first-order valence-electron chi connectivity index (χ1n) is 7.72. The summed E-state index contributed by atoms with van der Waals surface area (Å²) in [6.45, 7) is 1.76. The van der Waals surface area contributed by atoms with Crippen molar-refractivity contribution < 1.29 is 22.9 Å². The van der Waals surface area contributed by atoms with Crippen molar-refractivity contribution in [1.29, 1.82) is 0 Å². The van der Waals surface area contributed by atoms with Gasteiger partial charge < -0.3 is 4.74 Å². The number of hydrogen-bond acceptors (Lipinski definition) is 6. The quantitative estimate of drug-likeness (QED) is 0.323. The maximum absolute atomic E-state index is 12.7. The summed E-state index contributed by atoms with van der Waals surface area (Å²) < 4.78 is 32.3. The highest BCUT2D eigenvalue weighted by molar-refractivity contribution is 7.89. The summed E-state index contributed by atoms with van der Waals surface area (Å²) >= 11 is 6.39. The number of methoxy groups -OCH3 is 1. The predicted molar refractivity (Wildman–Crippen MR) is 99.0 cm³/mol. The number of halogens is 1. The summed E-state index contributed by atoms with van der Waals surface area (Å²) in [5.74, 6) is -0.916. The fourth-order valence-corrected chi connectivity index (χ4v) is 4.35. The number of alkyl halides is 1. The number of hydrogen-bond donors (Lipinski definition) is 1. The normalized spacial score (nSPS) is 13.6. The molecule has 2 atom stereocenters. The molecule has 144 valence electrons. The molecule has 8 nitrogen and oxygen atoms in total. The molecule has 2 aromatic rings. The van der Waals surface area contributed by atoms with Crippen LogP contribution in [0, 0.1) is 17.0 Å². The minimum absolute atomic E-state index is 0.528. The standard InChI is InChI=1S/C17H17ClN2O6S/c1-11-7-3-4-8-12(11)15(18)16(17(21)26-2)19-27(24,25)14-10-6-5-9-13(14)20(22)23/h3-10,15-16,19H,1-2H3/t15-,16-/m0/s1. The summed E-state index contributed by atoms with van der Waals surface area (Å²) in [5.41, 5.74) is 0.659. The topological polar surface area (TPSA) is 116 Å². The molecule has 0 amide bonds. The first-order valence-corrected chi connectivity index (χ1v) is 9.64. The van der Waals surface area contributed by atoms with E-state index in [2.05, 4.69) is 9.46 Å². The lowest BCUT2D eigenvalue weighted by Crippen LogP contribution is -2.44. The van der Waals surface area contributed by atoms with E-state index >= 15 is 0 Å². The second-order valence-electron chi connectivity index (χ2n) is 5.61. The number of nitrogens with zero attached hydrogens (tertiary/aromatic N) is 1. The number of carbonyl (C=O) groups excluding carboxylic acids is 1. The van der Waals surface area contributed by atoms with Gasteiger partial charge in [0.1, 0.15) is 6.04 Å². The van der Waals surface area contributed by atoms with Crippen LogP contribution in [0.5, 0.6) is 0 Å². The SMILES string of the molecule is COC(=O)[C@@H](NS(=O)(=O)c1ccccc1[N+](=O)[O-])[C@@H](Cl)c1ccccc1C. The van der Waals surface area contributed by atoms with Crippen molar-refractivity contribution in [2.24, 2.45) is 0 Å². The Hall–Kier alpha value is -2.49. The molecule has 0 heterocycles. The maximum atomic E-state index is 12.7. The monoisotopic (exact) mass is 412 g/mol. The van der Waals surface area contributed by atoms with E-state index in [1.54, 1.807) is 31.2 Å². The third kappa shape index (κ3) is 4.62. The van der Waals surface area contributed by atoms with Gasteiger partial charge in [-0.25, -0.2) is 8.42 Å². The molecule has 0 unspecified atom stereocenters. The van der Waals surface area contributed by atoms with Crippen LogP contribution in [0.4, 0.5) is 5.69 Å². The average molecular weight is 413 g/mol. The lowest BCUT2D eigenvalue weighted by atomic mass is 10.0. The van der Waals surface area contributed by atoms with Gasteiger partial charge in [-0.1, -0.05) is 36.4 Å². The highest BCUT2D eigenvalue weighted by Crippen LogP contribution is 2.30. The number of sulfonamides is 1. The van der Waals surface area contributed by atoms with Gasteiger partial charge in [-0.15, -0.1) is 11.6 Å². The van der Waals surface area contributed by atoms with Crippen LogP contribution in [-0.4, -0.2) is 32.5 Å². The molecule has 0 spiro atoms. The lowest BCUT2D eigenvalue weighted by molar-refractivity contribution is -0.387. The third-order valence-electron chi connectivity index (χ3n) is 3.87. The van der Waals surface area contributed by atoms with Crippen LogP contribution in [0.2, 0.25) is 0 Å². The van der Waals surface area contributed by atoms with Gasteiger partial charge in [0, 0.05) is 6.07 Å². The molecule has 0 aliphatic heterocycles. The van der Waals surface area contributed by atoms with Gasteiger partial charge >= 0.3 is 5.97 Å². The number of carbonyl (C=O) groups is 1. The summed E-state index contributed by atoms with van der Waals surface area (Å²) in [5, 5.41) is 10.1. The van der Waals surface area contributed by atoms with Gasteiger partial charge in [0.2, 0.25) is 10.0 Å². The summed E-state index contributed by atoms with van der Waals surface area (Å²) in [6.07, 6.45) is 0. The number of para-hydroxylation sites is 1. The Balaban J connectivity index is 2.46. The molecule has 0 radical (unpaired) electrons. The van der Waals surface area contributed by atoms with Crippen molar-refractivity contribution in [2.45, 2.75) is 23.2 Å². The van der Waals surface area contributed by atoms with Gasteiger partial charge in [0.15, 0.2) is 4.90 Å². The van der Waals surface area contributed by atoms with E-state index in [4.69, 9.17) is 11.6 Å². The fourth-order valence-electron chi connectivity index (χ4n) is 2.50. The zero-order valence-electron chi connectivity index (χ0n) is 14.5. The smallest absolute Gasteiger partial charge is 0.325 e. The Morgan fingerprint density at radius 1 is 1.19 bits per heavy atom. The Morgan fingerprint density at radius 3 is 2.37 bits per heavy atom. The predicted octanol–water partition coefficient (Wildman–Crippen LogP) is 2.70. The molecule has 0 aromatic heterocycles. The molecule has 2 rings (SSSR count). The fraction of sp³-hybridized carbons (Fsp3) is 0.235. The summed E-state index contributed by atoms with van der Waals surface area (Å²) in [4.78, 5) is 21.9. The van der Waals surface area contributed by atoms with Crippen LogP contribution in [0.15, 0.2) is 53.4 Å². The maximum Gasteiger partial charge on any atom is 0.325 e. The van der Waals surface area contributed by atoms with E-state index in [1.807, 2.05) is 0 Å². The zero-order valence-corrected chi connectivity index (χ0v) is 16.0. The van der Waals surface area contributed by atoms with Crippen molar-refractivity contribution in [3.05, 3.63) is 69.8 Å². The molecular formula is C17H17ClN2O6S. The Morgan fingerprint density at radius 2 is 1.78 bits per heavy atom. The van der Waals surface area contributed by atoms with Gasteiger partial charge in [0.25, 0.3) is 5.69 Å². The second kappa shape index (κ2) is 8.47. The highest BCUT2D eigenvalue weighted by Gasteiger charge is 2.36. The van der Waals surface area contributed by atoms with Crippen molar-refractivity contribution in [1.82, 2.24) is 4.72 Å². The molecule has 0 saturated heterocycles. The Bertz CT molecular complexity index is 963. The number of rotatable bonds is 7. The zero-order chi connectivity index (χ0) is 20.2. The Kier molecular flexibility index (Phi) is 6.53. The third-order valence-corrected chi connectivity index (χ3v) is 5.84. The lowest BCUT2D eigenvalue weighted by Gasteiger charge is -2.22. The van der Waals surface area contributed by atoms with Crippen molar-refractivity contribution in [3.8, 4) is 0 Å². The number of nitrogens with one attached hydrogen (secondary N) is 1. The highest BCUT2D eigenvalue weighted by atomic mass is 35.5. The molecule has 10 heteroatoms. The molecule has 27 heavy (non-hydrogen) atoms. The Labute approximate surface area is 161 Å². The van der Waals surface area contributed by atoms with Crippen LogP contribution < -0.4 is 4.72 Å². The summed E-state index contributed by atoms with van der Waals surface area (Å²) in [6, 6.07) is 10.2. The first-order chi connectivity index (χ1) is 12.7. The first kappa shape index (κ1) is 20.8.